The van der Waals surface area contributed by atoms with Gasteiger partial charge in [0, 0.05) is 23.4 Å². The molecule has 1 amide bonds. The Morgan fingerprint density at radius 3 is 2.83 bits per heavy atom. The number of carbonyl (C=O) groups excluding carboxylic acids is 1. The maximum Gasteiger partial charge on any atom is 0.256 e. The lowest BCUT2D eigenvalue weighted by Crippen LogP contribution is -2.19. The second kappa shape index (κ2) is 7.53. The number of anilines is 1. The first kappa shape index (κ1) is 18.3. The molecule has 2 N–H and O–H groups in total. The normalized spacial score (nSPS) is 10.5. The summed E-state index contributed by atoms with van der Waals surface area (Å²) >= 11 is 1.50. The molecule has 0 radical (unpaired) electrons. The Kier molecular flexibility index (Phi) is 4.76. The molecule has 0 bridgehead atoms. The SMILES string of the molecule is Cc1cc(=O)[nH]c(-n2nc(-c3cccs3)cc2NC(=O)c2cccc(C#N)c2)n1. The van der Waals surface area contributed by atoms with Crippen LogP contribution in [0.5, 0.6) is 0 Å². The van der Waals surface area contributed by atoms with Crippen LogP contribution in [0.25, 0.3) is 16.5 Å². The van der Waals surface area contributed by atoms with Crippen molar-refractivity contribution < 1.29 is 4.79 Å². The van der Waals surface area contributed by atoms with Crippen LogP contribution in [0.2, 0.25) is 0 Å². The molecule has 29 heavy (non-hydrogen) atoms. The molecular weight excluding hydrogens is 388 g/mol. The van der Waals surface area contributed by atoms with Crippen LogP contribution in [0.3, 0.4) is 0 Å². The lowest BCUT2D eigenvalue weighted by Gasteiger charge is -2.08. The molecule has 0 spiro atoms. The van der Waals surface area contributed by atoms with Crippen molar-refractivity contribution in [1.82, 2.24) is 19.7 Å². The number of amides is 1. The number of nitrogens with one attached hydrogen (secondary N) is 2. The topological polar surface area (TPSA) is 116 Å². The number of thiophene rings is 1. The minimum absolute atomic E-state index is 0.193. The molecule has 0 saturated carbocycles. The van der Waals surface area contributed by atoms with Crippen molar-refractivity contribution in [2.75, 3.05) is 5.32 Å². The minimum atomic E-state index is -0.407. The maximum atomic E-state index is 12.7. The van der Waals surface area contributed by atoms with Gasteiger partial charge in [-0.2, -0.15) is 15.0 Å². The molecule has 4 rings (SSSR count). The quantitative estimate of drug-likeness (QED) is 0.544. The number of nitriles is 1. The molecule has 0 unspecified atom stereocenters. The molecule has 0 atom stereocenters. The number of rotatable bonds is 4. The van der Waals surface area contributed by atoms with E-state index in [2.05, 4.69) is 20.4 Å². The fraction of sp³-hybridized carbons (Fsp3) is 0.0500. The van der Waals surface area contributed by atoms with E-state index in [0.29, 0.717) is 28.3 Å². The van der Waals surface area contributed by atoms with E-state index in [1.807, 2.05) is 23.6 Å². The third-order valence-electron chi connectivity index (χ3n) is 4.04. The summed E-state index contributed by atoms with van der Waals surface area (Å²) in [5.41, 5.74) is 1.55. The first-order chi connectivity index (χ1) is 14.0. The number of hydrogen-bond donors (Lipinski definition) is 2. The van der Waals surface area contributed by atoms with Gasteiger partial charge in [-0.05, 0) is 36.6 Å². The molecule has 0 fully saturated rings. The average Bonchev–Trinajstić information content (AvgIpc) is 3.37. The largest absolute Gasteiger partial charge is 0.306 e. The second-order valence-electron chi connectivity index (χ2n) is 6.16. The summed E-state index contributed by atoms with van der Waals surface area (Å²) in [6.45, 7) is 1.70. The summed E-state index contributed by atoms with van der Waals surface area (Å²) < 4.78 is 1.38. The van der Waals surface area contributed by atoms with Gasteiger partial charge < -0.3 is 5.32 Å². The van der Waals surface area contributed by atoms with Gasteiger partial charge in [-0.1, -0.05) is 12.1 Å². The molecule has 9 heteroatoms. The molecule has 1 aromatic carbocycles. The fourth-order valence-electron chi connectivity index (χ4n) is 2.76. The summed E-state index contributed by atoms with van der Waals surface area (Å²) in [5, 5.41) is 18.3. The highest BCUT2D eigenvalue weighted by molar-refractivity contribution is 7.13. The van der Waals surface area contributed by atoms with Crippen LogP contribution in [0, 0.1) is 18.3 Å². The zero-order chi connectivity index (χ0) is 20.4. The smallest absolute Gasteiger partial charge is 0.256 e. The Morgan fingerprint density at radius 2 is 2.10 bits per heavy atom. The Balaban J connectivity index is 1.78. The second-order valence-corrected chi connectivity index (χ2v) is 7.11. The van der Waals surface area contributed by atoms with Crippen LogP contribution in [-0.4, -0.2) is 25.7 Å². The minimum Gasteiger partial charge on any atom is -0.306 e. The van der Waals surface area contributed by atoms with Gasteiger partial charge in [0.15, 0.2) is 0 Å². The Labute approximate surface area is 169 Å². The van der Waals surface area contributed by atoms with Crippen molar-refractivity contribution in [2.24, 2.45) is 0 Å². The zero-order valence-corrected chi connectivity index (χ0v) is 16.0. The van der Waals surface area contributed by atoms with E-state index in [9.17, 15) is 9.59 Å². The molecule has 0 aliphatic rings. The van der Waals surface area contributed by atoms with Crippen LogP contribution < -0.4 is 10.9 Å². The number of aryl methyl sites for hydroxylation is 1. The molecule has 0 saturated heterocycles. The van der Waals surface area contributed by atoms with Crippen molar-refractivity contribution in [3.8, 4) is 22.6 Å². The van der Waals surface area contributed by atoms with Crippen molar-refractivity contribution >= 4 is 23.1 Å². The van der Waals surface area contributed by atoms with Crippen molar-refractivity contribution in [3.05, 3.63) is 81.1 Å². The number of nitrogens with zero attached hydrogens (tertiary/aromatic N) is 4. The molecule has 0 aliphatic heterocycles. The number of carbonyl (C=O) groups is 1. The molecule has 3 aromatic heterocycles. The monoisotopic (exact) mass is 402 g/mol. The molecule has 0 aliphatic carbocycles. The van der Waals surface area contributed by atoms with E-state index >= 15 is 0 Å². The van der Waals surface area contributed by atoms with Crippen molar-refractivity contribution in [2.45, 2.75) is 6.92 Å². The van der Waals surface area contributed by atoms with E-state index < -0.39 is 5.91 Å². The highest BCUT2D eigenvalue weighted by Crippen LogP contribution is 2.27. The summed E-state index contributed by atoms with van der Waals surface area (Å²) in [7, 11) is 0. The van der Waals surface area contributed by atoms with Crippen LogP contribution in [0.4, 0.5) is 5.82 Å². The lowest BCUT2D eigenvalue weighted by molar-refractivity contribution is 0.102. The van der Waals surface area contributed by atoms with E-state index in [1.54, 1.807) is 31.2 Å². The van der Waals surface area contributed by atoms with Gasteiger partial charge >= 0.3 is 0 Å². The third kappa shape index (κ3) is 3.83. The Bertz CT molecular complexity index is 1300. The number of benzene rings is 1. The van der Waals surface area contributed by atoms with Gasteiger partial charge in [0.25, 0.3) is 11.5 Å². The van der Waals surface area contributed by atoms with E-state index in [0.717, 1.165) is 4.88 Å². The van der Waals surface area contributed by atoms with Gasteiger partial charge in [-0.3, -0.25) is 14.6 Å². The van der Waals surface area contributed by atoms with Crippen molar-refractivity contribution in [1.29, 1.82) is 5.26 Å². The van der Waals surface area contributed by atoms with Gasteiger partial charge in [0.1, 0.15) is 11.5 Å². The first-order valence-corrected chi connectivity index (χ1v) is 9.45. The van der Waals surface area contributed by atoms with Crippen LogP contribution >= 0.6 is 11.3 Å². The van der Waals surface area contributed by atoms with Crippen LogP contribution in [0.1, 0.15) is 21.6 Å². The fourth-order valence-corrected chi connectivity index (χ4v) is 3.44. The van der Waals surface area contributed by atoms with Gasteiger partial charge in [0.2, 0.25) is 5.95 Å². The molecule has 142 valence electrons. The summed E-state index contributed by atoms with van der Waals surface area (Å²) in [5.74, 6) is 0.129. The molecule has 3 heterocycles. The highest BCUT2D eigenvalue weighted by Gasteiger charge is 2.17. The van der Waals surface area contributed by atoms with Crippen LogP contribution in [-0.2, 0) is 0 Å². The first-order valence-electron chi connectivity index (χ1n) is 8.57. The van der Waals surface area contributed by atoms with E-state index in [4.69, 9.17) is 5.26 Å². The van der Waals surface area contributed by atoms with Gasteiger partial charge in [0.05, 0.1) is 16.5 Å². The number of aromatic nitrogens is 4. The van der Waals surface area contributed by atoms with Gasteiger partial charge in [-0.25, -0.2) is 4.98 Å². The predicted molar refractivity (Wildman–Crippen MR) is 109 cm³/mol. The van der Waals surface area contributed by atoms with Crippen molar-refractivity contribution in [3.63, 3.8) is 0 Å². The molecule has 8 nitrogen and oxygen atoms in total. The molecular formula is C20H14N6O2S. The van der Waals surface area contributed by atoms with Gasteiger partial charge in [-0.15, -0.1) is 11.3 Å². The number of H-pyrrole nitrogens is 1. The third-order valence-corrected chi connectivity index (χ3v) is 4.93. The predicted octanol–water partition coefficient (Wildman–Crippen LogP) is 3.12. The average molecular weight is 402 g/mol. The van der Waals surface area contributed by atoms with Crippen LogP contribution in [0.15, 0.2) is 58.7 Å². The number of aromatic amines is 1. The summed E-state index contributed by atoms with van der Waals surface area (Å²) in [6.07, 6.45) is 0. The van der Waals surface area contributed by atoms with E-state index in [-0.39, 0.29) is 11.5 Å². The number of hydrogen-bond acceptors (Lipinski definition) is 6. The molecule has 4 aromatic rings. The van der Waals surface area contributed by atoms with E-state index in [1.165, 1.54) is 28.2 Å². The zero-order valence-electron chi connectivity index (χ0n) is 15.2. The highest BCUT2D eigenvalue weighted by atomic mass is 32.1. The maximum absolute atomic E-state index is 12.7. The lowest BCUT2D eigenvalue weighted by atomic mass is 10.1. The summed E-state index contributed by atoms with van der Waals surface area (Å²) in [6, 6.07) is 15.3. The Hall–Kier alpha value is -4.03. The Morgan fingerprint density at radius 1 is 1.24 bits per heavy atom. The standard InChI is InChI=1S/C20H14N6O2S/c1-12-8-18(27)24-20(22-12)26-17(10-15(25-26)16-6-3-7-29-16)23-19(28)14-5-2-4-13(9-14)11-21/h2-10H,1H3,(H,23,28)(H,22,24,27). The summed E-state index contributed by atoms with van der Waals surface area (Å²) in [4.78, 5) is 32.5.